The summed E-state index contributed by atoms with van der Waals surface area (Å²) in [4.78, 5) is 12.4. The quantitative estimate of drug-likeness (QED) is 0.377. The number of amides is 1. The summed E-state index contributed by atoms with van der Waals surface area (Å²) in [5.74, 6) is 0.269. The average Bonchev–Trinajstić information content (AvgIpc) is 3.11. The van der Waals surface area contributed by atoms with E-state index >= 15 is 0 Å². The van der Waals surface area contributed by atoms with Gasteiger partial charge in [0, 0.05) is 24.5 Å². The third-order valence-corrected chi connectivity index (χ3v) is 3.90. The largest absolute Gasteiger partial charge is 0.494 e. The molecule has 136 valence electrons. The van der Waals surface area contributed by atoms with E-state index in [9.17, 15) is 10.0 Å². The number of methoxy groups -OCH3 is 1. The first kappa shape index (κ1) is 18.0. The summed E-state index contributed by atoms with van der Waals surface area (Å²) in [7, 11) is 1.60. The Morgan fingerprint density at radius 3 is 2.73 bits per heavy atom. The molecule has 6 nitrogen and oxygen atoms in total. The van der Waals surface area contributed by atoms with Crippen molar-refractivity contribution in [1.29, 1.82) is 0 Å². The maximum atomic E-state index is 12.4. The molecule has 1 amide bonds. The molecule has 0 bridgehead atoms. The molecule has 0 spiro atoms. The van der Waals surface area contributed by atoms with Crippen molar-refractivity contribution in [3.8, 4) is 5.75 Å². The molecule has 0 atom stereocenters. The van der Waals surface area contributed by atoms with Gasteiger partial charge in [0.1, 0.15) is 11.3 Å². The predicted octanol–water partition coefficient (Wildman–Crippen LogP) is 3.88. The highest BCUT2D eigenvalue weighted by atomic mass is 16.5. The molecule has 26 heavy (non-hydrogen) atoms. The van der Waals surface area contributed by atoms with Crippen molar-refractivity contribution in [2.24, 2.45) is 0 Å². The number of hydrogen-bond acceptors (Lipinski definition) is 5. The maximum Gasteiger partial charge on any atom is 0.312 e. The highest BCUT2D eigenvalue weighted by Crippen LogP contribution is 2.24. The molecule has 6 heteroatoms. The maximum absolute atomic E-state index is 12.4. The van der Waals surface area contributed by atoms with Crippen molar-refractivity contribution in [1.82, 2.24) is 5.06 Å². The van der Waals surface area contributed by atoms with Gasteiger partial charge in [0.05, 0.1) is 19.8 Å². The second-order valence-corrected chi connectivity index (χ2v) is 5.82. The Balaban J connectivity index is 1.58. The topological polar surface area (TPSA) is 72.1 Å². The van der Waals surface area contributed by atoms with Gasteiger partial charge in [-0.1, -0.05) is 36.4 Å². The van der Waals surface area contributed by atoms with E-state index in [-0.39, 0.29) is 12.3 Å². The van der Waals surface area contributed by atoms with Crippen molar-refractivity contribution in [3.63, 3.8) is 0 Å². The van der Waals surface area contributed by atoms with Crippen molar-refractivity contribution >= 4 is 16.9 Å². The Kier molecular flexibility index (Phi) is 5.88. The molecule has 0 aliphatic heterocycles. The van der Waals surface area contributed by atoms with Gasteiger partial charge < -0.3 is 13.9 Å². The second kappa shape index (κ2) is 8.51. The predicted molar refractivity (Wildman–Crippen MR) is 96.3 cm³/mol. The second-order valence-electron chi connectivity index (χ2n) is 5.82. The monoisotopic (exact) mass is 355 g/mol. The summed E-state index contributed by atoms with van der Waals surface area (Å²) in [5.41, 5.74) is 1.45. The van der Waals surface area contributed by atoms with Crippen LogP contribution in [0.1, 0.15) is 22.5 Å². The van der Waals surface area contributed by atoms with Crippen molar-refractivity contribution in [3.05, 3.63) is 65.9 Å². The van der Waals surface area contributed by atoms with E-state index in [0.717, 1.165) is 16.7 Å². The molecule has 0 saturated heterocycles. The number of furan rings is 1. The smallest absolute Gasteiger partial charge is 0.312 e. The van der Waals surface area contributed by atoms with Crippen LogP contribution in [-0.2, 0) is 11.3 Å². The number of nitrogens with zero attached hydrogens (tertiary/aromatic N) is 1. The third kappa shape index (κ3) is 4.22. The molecule has 1 heterocycles. The Morgan fingerprint density at radius 1 is 1.15 bits per heavy atom. The van der Waals surface area contributed by atoms with Crippen molar-refractivity contribution in [2.45, 2.75) is 13.0 Å². The van der Waals surface area contributed by atoms with Crippen LogP contribution in [0.25, 0.3) is 11.0 Å². The van der Waals surface area contributed by atoms with Crippen molar-refractivity contribution in [2.75, 3.05) is 20.3 Å². The Hall–Kier alpha value is -2.83. The first-order valence-corrected chi connectivity index (χ1v) is 8.38. The lowest BCUT2D eigenvalue weighted by molar-refractivity contribution is -0.0618. The summed E-state index contributed by atoms with van der Waals surface area (Å²) in [6.07, 6.45) is 0.492. The first-order chi connectivity index (χ1) is 12.7. The van der Waals surface area contributed by atoms with Gasteiger partial charge in [-0.3, -0.25) is 10.0 Å². The zero-order valence-corrected chi connectivity index (χ0v) is 14.6. The molecule has 0 fully saturated rings. The lowest BCUT2D eigenvalue weighted by atomic mass is 10.1. The number of carbonyl (C=O) groups is 1. The van der Waals surface area contributed by atoms with E-state index in [0.29, 0.717) is 30.3 Å². The van der Waals surface area contributed by atoms with Gasteiger partial charge in [0.25, 0.3) is 0 Å². The van der Waals surface area contributed by atoms with Gasteiger partial charge in [0.15, 0.2) is 5.76 Å². The molecular formula is C20H21NO5. The number of benzene rings is 2. The fourth-order valence-electron chi connectivity index (χ4n) is 2.65. The van der Waals surface area contributed by atoms with Crippen LogP contribution in [0.5, 0.6) is 5.75 Å². The molecule has 2 aromatic carbocycles. The fourth-order valence-corrected chi connectivity index (χ4v) is 2.65. The van der Waals surface area contributed by atoms with Crippen LogP contribution in [0.3, 0.4) is 0 Å². The average molecular weight is 355 g/mol. The zero-order chi connectivity index (χ0) is 18.4. The van der Waals surface area contributed by atoms with Crippen LogP contribution in [0.2, 0.25) is 0 Å². The minimum atomic E-state index is -0.579. The third-order valence-electron chi connectivity index (χ3n) is 3.90. The molecule has 0 saturated carbocycles. The van der Waals surface area contributed by atoms with Crippen LogP contribution in [0, 0.1) is 0 Å². The molecule has 0 aliphatic carbocycles. The number of rotatable bonds is 8. The molecule has 1 aromatic heterocycles. The van der Waals surface area contributed by atoms with E-state index in [2.05, 4.69) is 0 Å². The first-order valence-electron chi connectivity index (χ1n) is 8.38. The number of hydrogen-bond donors (Lipinski definition) is 1. The summed E-state index contributed by atoms with van der Waals surface area (Å²) in [5, 5.41) is 11.5. The van der Waals surface area contributed by atoms with Crippen LogP contribution in [0.15, 0.2) is 59.0 Å². The lowest BCUT2D eigenvalue weighted by Gasteiger charge is -2.13. The van der Waals surface area contributed by atoms with E-state index in [1.807, 2.05) is 48.5 Å². The summed E-state index contributed by atoms with van der Waals surface area (Å²) in [6, 6.07) is 16.6. The van der Waals surface area contributed by atoms with Crippen LogP contribution < -0.4 is 4.74 Å². The lowest BCUT2D eigenvalue weighted by Crippen LogP contribution is -2.29. The normalized spacial score (nSPS) is 10.8. The minimum absolute atomic E-state index is 0.0926. The highest BCUT2D eigenvalue weighted by molar-refractivity contribution is 5.96. The molecule has 0 aliphatic rings. The van der Waals surface area contributed by atoms with E-state index in [1.165, 1.54) is 0 Å². The molecule has 0 radical (unpaired) electrons. The van der Waals surface area contributed by atoms with Crippen LogP contribution >= 0.6 is 0 Å². The standard InChI is InChI=1S/C20H21NO5/c1-24-14-16-8-5-7-15-13-18(26-19(15)16)20(22)21(23)11-6-12-25-17-9-3-2-4-10-17/h2-5,7-10,13,23H,6,11-12,14H2,1H3. The summed E-state index contributed by atoms with van der Waals surface area (Å²) >= 11 is 0. The van der Waals surface area contributed by atoms with E-state index in [4.69, 9.17) is 13.9 Å². The Morgan fingerprint density at radius 2 is 1.96 bits per heavy atom. The number of fused-ring (bicyclic) bond motifs is 1. The van der Waals surface area contributed by atoms with Crippen molar-refractivity contribution < 1.29 is 23.9 Å². The molecule has 1 N–H and O–H groups in total. The van der Waals surface area contributed by atoms with Crippen LogP contribution in [-0.4, -0.2) is 36.4 Å². The highest BCUT2D eigenvalue weighted by Gasteiger charge is 2.19. The summed E-state index contributed by atoms with van der Waals surface area (Å²) < 4.78 is 16.3. The van der Waals surface area contributed by atoms with Crippen LogP contribution in [0.4, 0.5) is 0 Å². The number of para-hydroxylation sites is 2. The van der Waals surface area contributed by atoms with Gasteiger partial charge in [-0.25, -0.2) is 5.06 Å². The van der Waals surface area contributed by atoms with Gasteiger partial charge in [-0.15, -0.1) is 0 Å². The fraction of sp³-hybridized carbons (Fsp3) is 0.250. The Bertz CT molecular complexity index is 859. The van der Waals surface area contributed by atoms with Gasteiger partial charge in [-0.05, 0) is 18.2 Å². The molecule has 3 aromatic rings. The van der Waals surface area contributed by atoms with E-state index in [1.54, 1.807) is 13.2 Å². The van der Waals surface area contributed by atoms with Gasteiger partial charge in [-0.2, -0.15) is 0 Å². The molecule has 3 rings (SSSR count). The zero-order valence-electron chi connectivity index (χ0n) is 14.6. The number of carbonyl (C=O) groups excluding carboxylic acids is 1. The van der Waals surface area contributed by atoms with Gasteiger partial charge >= 0.3 is 5.91 Å². The van der Waals surface area contributed by atoms with Gasteiger partial charge in [0.2, 0.25) is 0 Å². The van der Waals surface area contributed by atoms with E-state index < -0.39 is 5.91 Å². The molecule has 0 unspecified atom stereocenters. The SMILES string of the molecule is COCc1cccc2cc(C(=O)N(O)CCCOc3ccccc3)oc12. The Labute approximate surface area is 151 Å². The molecular weight excluding hydrogens is 334 g/mol. The number of hydroxylamine groups is 2. The number of ether oxygens (including phenoxy) is 2. The summed E-state index contributed by atoms with van der Waals surface area (Å²) in [6.45, 7) is 0.929. The minimum Gasteiger partial charge on any atom is -0.494 e.